The lowest BCUT2D eigenvalue weighted by atomic mass is 9.82. The molecule has 3 heteroatoms. The molecule has 0 amide bonds. The number of hydrogen-bond acceptors (Lipinski definition) is 3. The maximum Gasteiger partial charge on any atom is 0.302 e. The van der Waals surface area contributed by atoms with Gasteiger partial charge < -0.3 is 4.74 Å². The van der Waals surface area contributed by atoms with E-state index in [1.54, 1.807) is 0 Å². The van der Waals surface area contributed by atoms with Gasteiger partial charge in [0.05, 0.1) is 0 Å². The molecule has 1 aliphatic carbocycles. The van der Waals surface area contributed by atoms with Crippen molar-refractivity contribution in [3.05, 3.63) is 35.4 Å². The summed E-state index contributed by atoms with van der Waals surface area (Å²) in [5.41, 5.74) is 2.85. The topological polar surface area (TPSA) is 29.5 Å². The molecular formula is C21H33NO2. The van der Waals surface area contributed by atoms with Crippen LogP contribution < -0.4 is 0 Å². The van der Waals surface area contributed by atoms with E-state index in [1.807, 2.05) is 0 Å². The highest BCUT2D eigenvalue weighted by molar-refractivity contribution is 5.66. The van der Waals surface area contributed by atoms with Gasteiger partial charge in [0.25, 0.3) is 0 Å². The number of benzene rings is 1. The van der Waals surface area contributed by atoms with Gasteiger partial charge in [-0.15, -0.1) is 0 Å². The zero-order valence-corrected chi connectivity index (χ0v) is 15.6. The molecule has 1 aromatic rings. The highest BCUT2D eigenvalue weighted by atomic mass is 16.5. The lowest BCUT2D eigenvalue weighted by Crippen LogP contribution is -2.25. The van der Waals surface area contributed by atoms with E-state index in [4.69, 9.17) is 4.74 Å². The van der Waals surface area contributed by atoms with Crippen molar-refractivity contribution in [1.82, 2.24) is 4.90 Å². The van der Waals surface area contributed by atoms with Gasteiger partial charge in [-0.1, -0.05) is 38.1 Å². The first-order chi connectivity index (χ1) is 11.6. The van der Waals surface area contributed by atoms with Gasteiger partial charge in [0.1, 0.15) is 6.10 Å². The molecule has 3 nitrogen and oxygen atoms in total. The molecule has 1 saturated carbocycles. The molecule has 0 radical (unpaired) electrons. The molecule has 134 valence electrons. The summed E-state index contributed by atoms with van der Waals surface area (Å²) in [7, 11) is 0. The predicted molar refractivity (Wildman–Crippen MR) is 99.1 cm³/mol. The van der Waals surface area contributed by atoms with Crippen LogP contribution in [0.5, 0.6) is 0 Å². The van der Waals surface area contributed by atoms with Crippen molar-refractivity contribution >= 4 is 5.97 Å². The summed E-state index contributed by atoms with van der Waals surface area (Å²) in [5.74, 6) is 0.472. The Bertz CT molecular complexity index is 483. The molecule has 0 N–H and O–H groups in total. The average molecular weight is 332 g/mol. The maximum atomic E-state index is 11.1. The minimum Gasteiger partial charge on any atom is -0.463 e. The van der Waals surface area contributed by atoms with Crippen molar-refractivity contribution in [1.29, 1.82) is 0 Å². The summed E-state index contributed by atoms with van der Waals surface area (Å²) >= 11 is 0. The Hall–Kier alpha value is -1.35. The monoisotopic (exact) mass is 331 g/mol. The second-order valence-corrected chi connectivity index (χ2v) is 7.10. The molecule has 1 aliphatic rings. The smallest absolute Gasteiger partial charge is 0.302 e. The third kappa shape index (κ3) is 5.94. The summed E-state index contributed by atoms with van der Waals surface area (Å²) in [6.45, 7) is 9.41. The lowest BCUT2D eigenvalue weighted by molar-refractivity contribution is -0.147. The Morgan fingerprint density at radius 1 is 1.04 bits per heavy atom. The molecule has 2 rings (SSSR count). The van der Waals surface area contributed by atoms with Crippen LogP contribution in [-0.2, 0) is 16.1 Å². The molecule has 0 heterocycles. The van der Waals surface area contributed by atoms with Crippen LogP contribution >= 0.6 is 0 Å². The summed E-state index contributed by atoms with van der Waals surface area (Å²) in [5, 5.41) is 0. The van der Waals surface area contributed by atoms with Crippen molar-refractivity contribution < 1.29 is 9.53 Å². The maximum absolute atomic E-state index is 11.1. The lowest BCUT2D eigenvalue weighted by Gasteiger charge is -2.28. The van der Waals surface area contributed by atoms with E-state index in [2.05, 4.69) is 43.0 Å². The number of carbonyl (C=O) groups excluding carboxylic acids is 1. The largest absolute Gasteiger partial charge is 0.463 e. The molecule has 0 saturated heterocycles. The summed E-state index contributed by atoms with van der Waals surface area (Å²) in [6, 6.07) is 9.21. The molecule has 0 spiro atoms. The highest BCUT2D eigenvalue weighted by Gasteiger charge is 2.24. The SMILES string of the molecule is CCCN(CCC)Cc1ccc([C@H]2CC[C@H](OC(C)=O)CC2)cc1. The van der Waals surface area contributed by atoms with Gasteiger partial charge in [0, 0.05) is 13.5 Å². The van der Waals surface area contributed by atoms with Crippen molar-refractivity contribution in [2.75, 3.05) is 13.1 Å². The summed E-state index contributed by atoms with van der Waals surface area (Å²) in [4.78, 5) is 13.6. The Kier molecular flexibility index (Phi) is 7.77. The third-order valence-corrected chi connectivity index (χ3v) is 4.94. The van der Waals surface area contributed by atoms with E-state index in [0.717, 1.165) is 32.2 Å². The van der Waals surface area contributed by atoms with Gasteiger partial charge in [-0.05, 0) is 68.7 Å². The predicted octanol–water partition coefficient (Wildman–Crippen LogP) is 4.90. The van der Waals surface area contributed by atoms with Crippen LogP contribution in [0.15, 0.2) is 24.3 Å². The van der Waals surface area contributed by atoms with Crippen molar-refractivity contribution in [3.63, 3.8) is 0 Å². The van der Waals surface area contributed by atoms with Crippen LogP contribution in [0.1, 0.15) is 76.3 Å². The van der Waals surface area contributed by atoms with E-state index in [1.165, 1.54) is 44.0 Å². The Labute approximate surface area is 147 Å². The number of rotatable bonds is 8. The van der Waals surface area contributed by atoms with Crippen molar-refractivity contribution in [2.45, 2.75) is 77.9 Å². The molecule has 0 atom stereocenters. The second-order valence-electron chi connectivity index (χ2n) is 7.10. The number of hydrogen-bond donors (Lipinski definition) is 0. The average Bonchev–Trinajstić information content (AvgIpc) is 2.56. The molecule has 0 bridgehead atoms. The van der Waals surface area contributed by atoms with Crippen molar-refractivity contribution in [2.24, 2.45) is 0 Å². The van der Waals surface area contributed by atoms with Crippen LogP contribution in [0.25, 0.3) is 0 Å². The molecule has 1 aromatic carbocycles. The first kappa shape index (κ1) is 19.0. The molecular weight excluding hydrogens is 298 g/mol. The number of nitrogens with zero attached hydrogens (tertiary/aromatic N) is 1. The number of carbonyl (C=O) groups is 1. The minimum atomic E-state index is -0.147. The van der Waals surface area contributed by atoms with E-state index in [0.29, 0.717) is 5.92 Å². The van der Waals surface area contributed by atoms with Gasteiger partial charge in [-0.2, -0.15) is 0 Å². The van der Waals surface area contributed by atoms with E-state index >= 15 is 0 Å². The van der Waals surface area contributed by atoms with Crippen LogP contribution in [0.2, 0.25) is 0 Å². The Morgan fingerprint density at radius 2 is 1.62 bits per heavy atom. The fraction of sp³-hybridized carbons (Fsp3) is 0.667. The van der Waals surface area contributed by atoms with Gasteiger partial charge in [0.2, 0.25) is 0 Å². The van der Waals surface area contributed by atoms with E-state index < -0.39 is 0 Å². The van der Waals surface area contributed by atoms with Gasteiger partial charge >= 0.3 is 5.97 Å². The van der Waals surface area contributed by atoms with Crippen LogP contribution in [0.3, 0.4) is 0 Å². The number of ether oxygens (including phenoxy) is 1. The molecule has 0 aliphatic heterocycles. The van der Waals surface area contributed by atoms with E-state index in [-0.39, 0.29) is 12.1 Å². The first-order valence-electron chi connectivity index (χ1n) is 9.60. The zero-order chi connectivity index (χ0) is 17.4. The second kappa shape index (κ2) is 9.83. The van der Waals surface area contributed by atoms with Crippen molar-refractivity contribution in [3.8, 4) is 0 Å². The van der Waals surface area contributed by atoms with Gasteiger partial charge in [0.15, 0.2) is 0 Å². The molecule has 1 fully saturated rings. The normalized spacial score (nSPS) is 21.0. The first-order valence-corrected chi connectivity index (χ1v) is 9.60. The highest BCUT2D eigenvalue weighted by Crippen LogP contribution is 2.34. The Morgan fingerprint density at radius 3 is 2.12 bits per heavy atom. The van der Waals surface area contributed by atoms with E-state index in [9.17, 15) is 4.79 Å². The fourth-order valence-electron chi connectivity index (χ4n) is 3.80. The fourth-order valence-corrected chi connectivity index (χ4v) is 3.80. The molecule has 0 unspecified atom stereocenters. The van der Waals surface area contributed by atoms with Gasteiger partial charge in [-0.3, -0.25) is 9.69 Å². The minimum absolute atomic E-state index is 0.134. The molecule has 24 heavy (non-hydrogen) atoms. The molecule has 0 aromatic heterocycles. The third-order valence-electron chi connectivity index (χ3n) is 4.94. The summed E-state index contributed by atoms with van der Waals surface area (Å²) in [6.07, 6.45) is 6.78. The quantitative estimate of drug-likeness (QED) is 0.635. The Balaban J connectivity index is 1.87. The standard InChI is InChI=1S/C21H33NO2/c1-4-14-22(15-5-2)16-18-6-8-19(9-7-18)20-10-12-21(13-11-20)24-17(3)23/h6-9,20-21H,4-5,10-16H2,1-3H3/t20-,21-. The van der Waals surface area contributed by atoms with Crippen LogP contribution in [-0.4, -0.2) is 30.1 Å². The zero-order valence-electron chi connectivity index (χ0n) is 15.6. The summed E-state index contributed by atoms with van der Waals surface area (Å²) < 4.78 is 5.34. The van der Waals surface area contributed by atoms with Crippen LogP contribution in [0.4, 0.5) is 0 Å². The number of esters is 1. The van der Waals surface area contributed by atoms with Gasteiger partial charge in [-0.25, -0.2) is 0 Å². The van der Waals surface area contributed by atoms with Crippen LogP contribution in [0, 0.1) is 0 Å².